The van der Waals surface area contributed by atoms with Gasteiger partial charge in [-0.15, -0.1) is 0 Å². The number of methoxy groups -OCH3 is 1. The molecule has 0 aromatic rings. The number of allylic oxidation sites excluding steroid dienone is 4. The Morgan fingerprint density at radius 3 is 2.50 bits per heavy atom. The SMILES string of the molecule is CC.COC1CCC2C3CCC4=C(CCC5(CCCC5)C4)C3=CCC12C. The Morgan fingerprint density at radius 2 is 1.77 bits per heavy atom. The molecule has 0 saturated heterocycles. The lowest BCUT2D eigenvalue weighted by atomic mass is 9.57. The van der Waals surface area contributed by atoms with Gasteiger partial charge in [0.1, 0.15) is 0 Å². The molecular formula is C25H40O. The fourth-order valence-corrected chi connectivity index (χ4v) is 7.65. The minimum Gasteiger partial charge on any atom is -0.381 e. The molecule has 5 rings (SSSR count). The zero-order chi connectivity index (χ0) is 18.4. The Kier molecular flexibility index (Phi) is 5.14. The van der Waals surface area contributed by atoms with Gasteiger partial charge in [0.15, 0.2) is 0 Å². The molecule has 26 heavy (non-hydrogen) atoms. The van der Waals surface area contributed by atoms with Gasteiger partial charge in [-0.2, -0.15) is 0 Å². The first-order chi connectivity index (χ1) is 12.7. The standard InChI is InChI=1S/C23H34O.C2H6/c1-22-13-9-18-17-10-14-23(11-3-4-12-23)15-16(17)5-6-19(18)20(22)7-8-21(22)24-2;1-2/h9,19-21H,3-8,10-15H2,1-2H3;1-2H3. The summed E-state index contributed by atoms with van der Waals surface area (Å²) in [7, 11) is 1.93. The lowest BCUT2D eigenvalue weighted by molar-refractivity contribution is -0.0120. The second-order valence-corrected chi connectivity index (χ2v) is 9.89. The van der Waals surface area contributed by atoms with E-state index in [0.717, 1.165) is 17.3 Å². The number of fused-ring (bicyclic) bond motifs is 4. The number of ether oxygens (including phenoxy) is 1. The highest BCUT2D eigenvalue weighted by atomic mass is 16.5. The van der Waals surface area contributed by atoms with Crippen LogP contribution in [-0.2, 0) is 4.74 Å². The van der Waals surface area contributed by atoms with Crippen LogP contribution in [0.15, 0.2) is 22.8 Å². The quantitative estimate of drug-likeness (QED) is 0.481. The third-order valence-corrected chi connectivity index (χ3v) is 8.94. The van der Waals surface area contributed by atoms with Crippen molar-refractivity contribution in [2.45, 2.75) is 104 Å². The lowest BCUT2D eigenvalue weighted by Crippen LogP contribution is -2.41. The van der Waals surface area contributed by atoms with E-state index in [1.54, 1.807) is 0 Å². The minimum absolute atomic E-state index is 0.405. The van der Waals surface area contributed by atoms with Crippen LogP contribution in [0.1, 0.15) is 97.8 Å². The average Bonchev–Trinajstić information content (AvgIpc) is 3.26. The molecule has 2 fully saturated rings. The lowest BCUT2D eigenvalue weighted by Gasteiger charge is -2.49. The van der Waals surface area contributed by atoms with Crippen LogP contribution < -0.4 is 0 Å². The summed E-state index contributed by atoms with van der Waals surface area (Å²) in [6.07, 6.45) is 20.3. The van der Waals surface area contributed by atoms with E-state index in [9.17, 15) is 0 Å². The molecular weight excluding hydrogens is 316 g/mol. The molecule has 5 aliphatic carbocycles. The fourth-order valence-electron chi connectivity index (χ4n) is 7.65. The maximum atomic E-state index is 5.89. The van der Waals surface area contributed by atoms with Crippen LogP contribution in [0, 0.1) is 22.7 Å². The fraction of sp³-hybridized carbons (Fsp3) is 0.840. The normalized spacial score (nSPS) is 40.3. The molecule has 4 unspecified atom stereocenters. The van der Waals surface area contributed by atoms with Crippen molar-refractivity contribution in [3.05, 3.63) is 22.8 Å². The molecule has 0 radical (unpaired) electrons. The van der Waals surface area contributed by atoms with E-state index in [2.05, 4.69) is 13.0 Å². The highest BCUT2D eigenvalue weighted by Crippen LogP contribution is 2.61. The molecule has 1 nitrogen and oxygen atoms in total. The van der Waals surface area contributed by atoms with E-state index >= 15 is 0 Å². The van der Waals surface area contributed by atoms with Gasteiger partial charge < -0.3 is 4.74 Å². The molecule has 0 amide bonds. The van der Waals surface area contributed by atoms with Crippen LogP contribution in [0.5, 0.6) is 0 Å². The van der Waals surface area contributed by atoms with Crippen molar-refractivity contribution in [2.24, 2.45) is 22.7 Å². The maximum Gasteiger partial charge on any atom is 0.0630 e. The highest BCUT2D eigenvalue weighted by molar-refractivity contribution is 5.44. The molecule has 4 atom stereocenters. The summed E-state index contributed by atoms with van der Waals surface area (Å²) in [5.74, 6) is 1.72. The third kappa shape index (κ3) is 2.76. The monoisotopic (exact) mass is 356 g/mol. The molecule has 0 N–H and O–H groups in total. The van der Waals surface area contributed by atoms with Crippen molar-refractivity contribution in [1.82, 2.24) is 0 Å². The second kappa shape index (κ2) is 7.12. The van der Waals surface area contributed by atoms with Crippen molar-refractivity contribution in [1.29, 1.82) is 0 Å². The van der Waals surface area contributed by atoms with Crippen LogP contribution >= 0.6 is 0 Å². The first-order valence-electron chi connectivity index (χ1n) is 11.6. The van der Waals surface area contributed by atoms with Gasteiger partial charge in [-0.1, -0.05) is 45.3 Å². The molecule has 5 aliphatic rings. The smallest absolute Gasteiger partial charge is 0.0630 e. The highest BCUT2D eigenvalue weighted by Gasteiger charge is 2.53. The summed E-state index contributed by atoms with van der Waals surface area (Å²) < 4.78 is 5.89. The minimum atomic E-state index is 0.405. The van der Waals surface area contributed by atoms with E-state index in [4.69, 9.17) is 4.74 Å². The maximum absolute atomic E-state index is 5.89. The van der Waals surface area contributed by atoms with Gasteiger partial charge >= 0.3 is 0 Å². The Bertz CT molecular complexity index is 591. The van der Waals surface area contributed by atoms with Gasteiger partial charge in [-0.3, -0.25) is 0 Å². The van der Waals surface area contributed by atoms with Crippen molar-refractivity contribution >= 4 is 0 Å². The molecule has 146 valence electrons. The van der Waals surface area contributed by atoms with Crippen LogP contribution in [0.4, 0.5) is 0 Å². The topological polar surface area (TPSA) is 9.23 Å². The van der Waals surface area contributed by atoms with Gasteiger partial charge in [0.2, 0.25) is 0 Å². The zero-order valence-corrected chi connectivity index (χ0v) is 17.7. The first-order valence-corrected chi connectivity index (χ1v) is 11.6. The van der Waals surface area contributed by atoms with Gasteiger partial charge in [-0.25, -0.2) is 0 Å². The zero-order valence-electron chi connectivity index (χ0n) is 17.7. The van der Waals surface area contributed by atoms with Crippen LogP contribution in [0.2, 0.25) is 0 Å². The summed E-state index contributed by atoms with van der Waals surface area (Å²) in [6, 6.07) is 0. The van der Waals surface area contributed by atoms with E-state index in [0.29, 0.717) is 11.5 Å². The molecule has 0 aromatic carbocycles. The Labute approximate surface area is 161 Å². The molecule has 2 saturated carbocycles. The summed E-state index contributed by atoms with van der Waals surface area (Å²) in [5.41, 5.74) is 6.66. The van der Waals surface area contributed by atoms with Crippen molar-refractivity contribution < 1.29 is 4.74 Å². The van der Waals surface area contributed by atoms with Gasteiger partial charge in [0.25, 0.3) is 0 Å². The molecule has 1 spiro atoms. The number of rotatable bonds is 1. The number of hydrogen-bond donors (Lipinski definition) is 0. The Morgan fingerprint density at radius 1 is 1.00 bits per heavy atom. The van der Waals surface area contributed by atoms with E-state index in [-0.39, 0.29) is 0 Å². The Hall–Kier alpha value is -0.560. The Balaban J connectivity index is 0.000000814. The van der Waals surface area contributed by atoms with Gasteiger partial charge in [-0.05, 0) is 92.6 Å². The number of hydrogen-bond acceptors (Lipinski definition) is 1. The van der Waals surface area contributed by atoms with E-state index in [1.165, 1.54) is 77.0 Å². The van der Waals surface area contributed by atoms with Gasteiger partial charge in [0, 0.05) is 12.5 Å². The summed E-state index contributed by atoms with van der Waals surface area (Å²) in [5, 5.41) is 0. The van der Waals surface area contributed by atoms with Crippen LogP contribution in [-0.4, -0.2) is 13.2 Å². The molecule has 0 heterocycles. The van der Waals surface area contributed by atoms with Crippen LogP contribution in [0.3, 0.4) is 0 Å². The summed E-state index contributed by atoms with van der Waals surface area (Å²) in [6.45, 7) is 6.52. The summed E-state index contributed by atoms with van der Waals surface area (Å²) in [4.78, 5) is 0. The first kappa shape index (κ1) is 18.8. The van der Waals surface area contributed by atoms with Crippen molar-refractivity contribution in [2.75, 3.05) is 7.11 Å². The van der Waals surface area contributed by atoms with E-state index < -0.39 is 0 Å². The van der Waals surface area contributed by atoms with Crippen molar-refractivity contribution in [3.8, 4) is 0 Å². The second-order valence-electron chi connectivity index (χ2n) is 9.89. The molecule has 0 aromatic heterocycles. The van der Waals surface area contributed by atoms with Crippen LogP contribution in [0.25, 0.3) is 0 Å². The third-order valence-electron chi connectivity index (χ3n) is 8.94. The predicted molar refractivity (Wildman–Crippen MR) is 110 cm³/mol. The summed E-state index contributed by atoms with van der Waals surface area (Å²) >= 11 is 0. The molecule has 0 bridgehead atoms. The molecule has 1 heteroatoms. The molecule has 0 aliphatic heterocycles. The van der Waals surface area contributed by atoms with Gasteiger partial charge in [0.05, 0.1) is 6.10 Å². The predicted octanol–water partition coefficient (Wildman–Crippen LogP) is 7.22. The average molecular weight is 357 g/mol. The largest absolute Gasteiger partial charge is 0.381 e. The van der Waals surface area contributed by atoms with E-state index in [1.807, 2.05) is 37.7 Å². The van der Waals surface area contributed by atoms with Crippen molar-refractivity contribution in [3.63, 3.8) is 0 Å².